The van der Waals surface area contributed by atoms with Gasteiger partial charge in [-0.3, -0.25) is 60.4 Å². The summed E-state index contributed by atoms with van der Waals surface area (Å²) in [4.78, 5) is 67.5. The Kier molecular flexibility index (Phi) is 27.2. The number of nitro benzene ring substituents is 4. The number of non-ortho nitro benzene ring substituents is 4. The smallest absolute Gasteiger partial charge is 0.872 e. The molecule has 0 aliphatic heterocycles. The first-order chi connectivity index (χ1) is 30.5. The third kappa shape index (κ3) is 20.9. The van der Waals surface area contributed by atoms with Gasteiger partial charge in [0.05, 0.1) is 65.0 Å². The third-order valence-electron chi connectivity index (χ3n) is 7.78. The Balaban J connectivity index is 0.00000118. The van der Waals surface area contributed by atoms with Crippen LogP contribution in [0.2, 0.25) is 0 Å². The minimum absolute atomic E-state index is 0. The SMILES string of the molecule is CC#N.O=[N+]([O-])c1ccc([O-])c(C=NCCN(CCN=Cc2cc([N+](=O)[O-])ccc2[O-])[N+](=O)[O-])c1.O=[N+]([O-])c1ccc([O-])c(C=NCCNCCN=Cc2cc([N+](=O)[O-])ccc2[O-])c1.[Ni+2].[Ni+3]. The normalized spacial score (nSPS) is 10.5. The number of nitrogens with one attached hydrogen (secondary N) is 1. The predicted octanol–water partition coefficient (Wildman–Crippen LogP) is 1.98. The van der Waals surface area contributed by atoms with Gasteiger partial charge in [-0.05, 0) is 22.3 Å². The van der Waals surface area contributed by atoms with Crippen molar-refractivity contribution >= 4 is 47.6 Å². The molecule has 4 aromatic carbocycles. The zero-order chi connectivity index (χ0) is 47.6. The Morgan fingerprint density at radius 1 is 0.530 bits per heavy atom. The van der Waals surface area contributed by atoms with Crippen LogP contribution in [0.25, 0.3) is 0 Å². The summed E-state index contributed by atoms with van der Waals surface area (Å²) in [5.41, 5.74) is -0.632. The van der Waals surface area contributed by atoms with Gasteiger partial charge >= 0.3 is 33.0 Å². The Morgan fingerprint density at radius 2 is 0.773 bits per heavy atom. The first-order valence-corrected chi connectivity index (χ1v) is 18.2. The first kappa shape index (κ1) is 58.0. The fraction of sp³-hybridized carbons (Fsp3) is 0.237. The molecule has 0 unspecified atom stereocenters. The van der Waals surface area contributed by atoms with Crippen LogP contribution in [-0.4, -0.2) is 107 Å². The fourth-order valence-corrected chi connectivity index (χ4v) is 4.69. The van der Waals surface area contributed by atoms with Crippen LogP contribution in [0.4, 0.5) is 22.7 Å². The van der Waals surface area contributed by atoms with E-state index in [1.165, 1.54) is 31.5 Å². The van der Waals surface area contributed by atoms with Gasteiger partial charge in [-0.1, -0.05) is 47.3 Å². The summed E-state index contributed by atoms with van der Waals surface area (Å²) in [6.07, 6.45) is 4.83. The first-order valence-electron chi connectivity index (χ1n) is 18.2. The predicted molar refractivity (Wildman–Crippen MR) is 223 cm³/mol. The van der Waals surface area contributed by atoms with Crippen LogP contribution in [0.15, 0.2) is 92.8 Å². The molecule has 28 heteroatoms. The molecule has 0 atom stereocenters. The molecule has 0 amide bonds. The van der Waals surface area contributed by atoms with Gasteiger partial charge in [-0.25, -0.2) is 10.1 Å². The minimum Gasteiger partial charge on any atom is -0.872 e. The number of benzene rings is 4. The van der Waals surface area contributed by atoms with E-state index in [-0.39, 0.29) is 116 Å². The van der Waals surface area contributed by atoms with E-state index in [0.717, 1.165) is 78.1 Å². The van der Waals surface area contributed by atoms with Crippen LogP contribution in [0, 0.1) is 61.9 Å². The van der Waals surface area contributed by atoms with Gasteiger partial charge in [0.1, 0.15) is 0 Å². The van der Waals surface area contributed by atoms with Gasteiger partial charge in [0.15, 0.2) is 5.03 Å². The number of aliphatic imine (C=N–C) groups is 4. The summed E-state index contributed by atoms with van der Waals surface area (Å²) in [5, 5.41) is 111. The van der Waals surface area contributed by atoms with Gasteiger partial charge in [-0.15, -0.1) is 5.01 Å². The number of nitrogens with zero attached hydrogens (tertiary/aromatic N) is 11. The number of hydrogen-bond acceptors (Lipinski definition) is 20. The van der Waals surface area contributed by atoms with Crippen molar-refractivity contribution in [1.82, 2.24) is 10.3 Å². The van der Waals surface area contributed by atoms with Gasteiger partial charge in [0, 0.05) is 93.4 Å². The molecule has 0 bridgehead atoms. The van der Waals surface area contributed by atoms with E-state index in [1.807, 2.05) is 0 Å². The molecular formula is C38H36N12Ni2O14+. The summed E-state index contributed by atoms with van der Waals surface area (Å²) in [7, 11) is 0. The number of hydrogen-bond donors (Lipinski definition) is 1. The molecule has 66 heavy (non-hydrogen) atoms. The maximum atomic E-state index is 11.7. The van der Waals surface area contributed by atoms with Crippen molar-refractivity contribution in [2.45, 2.75) is 6.92 Å². The zero-order valence-electron chi connectivity index (χ0n) is 34.2. The summed E-state index contributed by atoms with van der Waals surface area (Å²) in [5.74, 6) is -1.64. The second-order valence-corrected chi connectivity index (χ2v) is 12.2. The van der Waals surface area contributed by atoms with Crippen LogP contribution in [0.5, 0.6) is 23.0 Å². The molecule has 1 radical (unpaired) electrons. The molecule has 0 fully saturated rings. The fourth-order valence-electron chi connectivity index (χ4n) is 4.69. The van der Waals surface area contributed by atoms with Crippen LogP contribution in [0.3, 0.4) is 0 Å². The molecule has 351 valence electrons. The molecule has 0 spiro atoms. The van der Waals surface area contributed by atoms with Gasteiger partial charge in [-0.2, -0.15) is 5.26 Å². The van der Waals surface area contributed by atoms with Crippen molar-refractivity contribution in [3.63, 3.8) is 0 Å². The van der Waals surface area contributed by atoms with Gasteiger partial charge < -0.3 is 25.7 Å². The number of nitriles is 1. The Bertz CT molecular complexity index is 2300. The molecular weight excluding hydrogens is 966 g/mol. The second-order valence-electron chi connectivity index (χ2n) is 12.2. The van der Waals surface area contributed by atoms with Crippen LogP contribution in [0.1, 0.15) is 29.2 Å². The topological polar surface area (TPSA) is 396 Å². The molecule has 1 N–H and O–H groups in total. The number of hydrazine groups is 1. The van der Waals surface area contributed by atoms with E-state index in [4.69, 9.17) is 5.26 Å². The molecule has 0 aromatic heterocycles. The summed E-state index contributed by atoms with van der Waals surface area (Å²) >= 11 is 0. The van der Waals surface area contributed by atoms with E-state index in [1.54, 1.807) is 6.07 Å². The van der Waals surface area contributed by atoms with Gasteiger partial charge in [0.25, 0.3) is 22.7 Å². The monoisotopic (exact) mass is 1000 g/mol. The van der Waals surface area contributed by atoms with Crippen molar-refractivity contribution in [2.24, 2.45) is 20.0 Å². The van der Waals surface area contributed by atoms with Crippen molar-refractivity contribution in [3.8, 4) is 29.1 Å². The second kappa shape index (κ2) is 30.9. The average Bonchev–Trinajstić information content (AvgIpc) is 3.24. The molecule has 4 rings (SSSR count). The van der Waals surface area contributed by atoms with E-state index in [0.29, 0.717) is 26.2 Å². The molecule has 26 nitrogen and oxygen atoms in total. The largest absolute Gasteiger partial charge is 3.00 e. The Hall–Kier alpha value is -8.00. The van der Waals surface area contributed by atoms with E-state index in [2.05, 4.69) is 25.3 Å². The van der Waals surface area contributed by atoms with Crippen molar-refractivity contribution in [1.29, 1.82) is 5.26 Å². The summed E-state index contributed by atoms with van der Waals surface area (Å²) < 4.78 is 0. The molecule has 0 aliphatic carbocycles. The van der Waals surface area contributed by atoms with Crippen molar-refractivity contribution < 1.29 is 78.1 Å². The third-order valence-corrected chi connectivity index (χ3v) is 7.78. The van der Waals surface area contributed by atoms with E-state index < -0.39 is 36.2 Å². The van der Waals surface area contributed by atoms with Crippen molar-refractivity contribution in [2.75, 3.05) is 52.4 Å². The Labute approximate surface area is 394 Å². The molecule has 0 heterocycles. The van der Waals surface area contributed by atoms with Crippen LogP contribution < -0.4 is 25.7 Å². The number of rotatable bonds is 21. The maximum absolute atomic E-state index is 11.7. The summed E-state index contributed by atoms with van der Waals surface area (Å²) in [6, 6.07) is 15.0. The quantitative estimate of drug-likeness (QED) is 0.0410. The van der Waals surface area contributed by atoms with Crippen LogP contribution >= 0.6 is 0 Å². The molecule has 4 aromatic rings. The number of nitro groups is 5. The molecule has 0 saturated heterocycles. The average molecular weight is 1000 g/mol. The minimum atomic E-state index is -0.663. The van der Waals surface area contributed by atoms with E-state index >= 15 is 0 Å². The molecule has 0 aliphatic rings. The zero-order valence-corrected chi connectivity index (χ0v) is 36.1. The summed E-state index contributed by atoms with van der Waals surface area (Å²) in [6.45, 7) is 2.70. The Morgan fingerprint density at radius 3 is 1.00 bits per heavy atom. The van der Waals surface area contributed by atoms with Crippen molar-refractivity contribution in [3.05, 3.63) is 146 Å². The maximum Gasteiger partial charge on any atom is 3.00 e. The van der Waals surface area contributed by atoms with E-state index in [9.17, 15) is 71.0 Å². The van der Waals surface area contributed by atoms with Crippen LogP contribution in [-0.2, 0) is 33.0 Å². The van der Waals surface area contributed by atoms with Gasteiger partial charge in [0.2, 0.25) is 0 Å². The standard InChI is InChI=1S/C18H18N6O8.C18H19N5O6.C2H3N.2Ni/c25-17-3-1-15(22(27)28)9-13(17)11-19-5-7-21(24(31)32)8-6-20-12-14-10-16(23(29)30)2-4-18(14)26;24-17-3-1-15(22(26)27)9-13(17)11-20-7-5-19-6-8-21-12-14-10-16(23(28)29)2-4-18(14)25;1-2-3;;/h1-4,9-12,25-26H,5-8H2;1-4,9-12,19,24-25H,5-8H2;1H3;;/q;;;+2;+3/p-4. The molecule has 0 saturated carbocycles.